The fraction of sp³-hybridized carbons (Fsp3) is 0.0667. The molecule has 1 aromatic heterocycles. The number of carbonyl (C=O) groups excluding carboxylic acids is 1. The van der Waals surface area contributed by atoms with E-state index in [1.165, 1.54) is 0 Å². The van der Waals surface area contributed by atoms with Gasteiger partial charge in [0.25, 0.3) is 5.91 Å². The van der Waals surface area contributed by atoms with Gasteiger partial charge in [0.05, 0.1) is 11.0 Å². The molecule has 0 aliphatic carbocycles. The molecule has 0 saturated heterocycles. The summed E-state index contributed by atoms with van der Waals surface area (Å²) in [5.74, 6) is -0.265. The second-order valence-corrected chi connectivity index (χ2v) is 5.16. The number of halogens is 1. The molecule has 3 aromatic rings. The number of hydrogen-bond donors (Lipinski definition) is 3. The standard InChI is InChI=1S/C15H12ClN3O2/c1-8-2-4-10(7-11(8)16)17-14(20)9-3-5-12-13(6-9)19-15(21)18-12/h2-7H,1H3,(H,17,20)(H2,18,19,21). The highest BCUT2D eigenvalue weighted by molar-refractivity contribution is 6.31. The quantitative estimate of drug-likeness (QED) is 0.680. The lowest BCUT2D eigenvalue weighted by Gasteiger charge is -2.07. The van der Waals surface area contributed by atoms with E-state index < -0.39 is 0 Å². The summed E-state index contributed by atoms with van der Waals surface area (Å²) >= 11 is 6.03. The van der Waals surface area contributed by atoms with Crippen LogP contribution in [0.1, 0.15) is 15.9 Å². The van der Waals surface area contributed by atoms with Crippen LogP contribution in [0.3, 0.4) is 0 Å². The van der Waals surface area contributed by atoms with E-state index in [0.29, 0.717) is 27.3 Å². The molecular formula is C15H12ClN3O2. The lowest BCUT2D eigenvalue weighted by atomic mass is 10.1. The minimum atomic E-state index is -0.298. The van der Waals surface area contributed by atoms with Crippen molar-refractivity contribution in [3.8, 4) is 0 Å². The number of aryl methyl sites for hydroxylation is 1. The fourth-order valence-electron chi connectivity index (χ4n) is 2.05. The number of aromatic amines is 2. The van der Waals surface area contributed by atoms with Crippen molar-refractivity contribution >= 4 is 34.2 Å². The van der Waals surface area contributed by atoms with E-state index in [1.54, 1.807) is 30.3 Å². The predicted octanol–water partition coefficient (Wildman–Crippen LogP) is 3.07. The molecule has 1 amide bonds. The number of fused-ring (bicyclic) bond motifs is 1. The molecular weight excluding hydrogens is 290 g/mol. The highest BCUT2D eigenvalue weighted by atomic mass is 35.5. The van der Waals surface area contributed by atoms with Gasteiger partial charge in [0.15, 0.2) is 0 Å². The summed E-state index contributed by atoms with van der Waals surface area (Å²) in [4.78, 5) is 28.7. The van der Waals surface area contributed by atoms with E-state index in [-0.39, 0.29) is 11.6 Å². The second kappa shape index (κ2) is 5.10. The summed E-state index contributed by atoms with van der Waals surface area (Å²) in [5, 5.41) is 3.37. The molecule has 3 N–H and O–H groups in total. The third-order valence-electron chi connectivity index (χ3n) is 3.21. The lowest BCUT2D eigenvalue weighted by Crippen LogP contribution is -2.11. The molecule has 0 aliphatic heterocycles. The predicted molar refractivity (Wildman–Crippen MR) is 83.1 cm³/mol. The number of amides is 1. The lowest BCUT2D eigenvalue weighted by molar-refractivity contribution is 0.102. The molecule has 0 bridgehead atoms. The average Bonchev–Trinajstić information content (AvgIpc) is 2.82. The molecule has 1 heterocycles. The van der Waals surface area contributed by atoms with E-state index in [4.69, 9.17) is 11.6 Å². The summed E-state index contributed by atoms with van der Waals surface area (Å²) in [6.07, 6.45) is 0. The van der Waals surface area contributed by atoms with Crippen LogP contribution in [0.25, 0.3) is 11.0 Å². The van der Waals surface area contributed by atoms with E-state index in [2.05, 4.69) is 15.3 Å². The van der Waals surface area contributed by atoms with Gasteiger partial charge in [0.2, 0.25) is 0 Å². The maximum atomic E-state index is 12.2. The van der Waals surface area contributed by atoms with Crippen molar-refractivity contribution in [3.05, 3.63) is 63.0 Å². The Hall–Kier alpha value is -2.53. The van der Waals surface area contributed by atoms with Gasteiger partial charge in [-0.2, -0.15) is 0 Å². The van der Waals surface area contributed by atoms with E-state index in [9.17, 15) is 9.59 Å². The first-order valence-electron chi connectivity index (χ1n) is 6.32. The van der Waals surface area contributed by atoms with E-state index in [0.717, 1.165) is 5.56 Å². The molecule has 21 heavy (non-hydrogen) atoms. The number of nitrogens with one attached hydrogen (secondary N) is 3. The molecule has 106 valence electrons. The van der Waals surface area contributed by atoms with Gasteiger partial charge < -0.3 is 15.3 Å². The van der Waals surface area contributed by atoms with Crippen LogP contribution in [-0.4, -0.2) is 15.9 Å². The van der Waals surface area contributed by atoms with Crippen molar-refractivity contribution in [1.29, 1.82) is 0 Å². The summed E-state index contributed by atoms with van der Waals surface area (Å²) in [5.41, 5.74) is 2.98. The van der Waals surface area contributed by atoms with Gasteiger partial charge in [0, 0.05) is 16.3 Å². The Morgan fingerprint density at radius 1 is 1.10 bits per heavy atom. The fourth-order valence-corrected chi connectivity index (χ4v) is 2.23. The summed E-state index contributed by atoms with van der Waals surface area (Å²) < 4.78 is 0. The molecule has 6 heteroatoms. The van der Waals surface area contributed by atoms with Gasteiger partial charge in [-0.1, -0.05) is 17.7 Å². The van der Waals surface area contributed by atoms with Crippen molar-refractivity contribution in [1.82, 2.24) is 9.97 Å². The average molecular weight is 302 g/mol. The molecule has 0 fully saturated rings. The van der Waals surface area contributed by atoms with Crippen LogP contribution in [0, 0.1) is 6.92 Å². The second-order valence-electron chi connectivity index (χ2n) is 4.76. The molecule has 0 radical (unpaired) electrons. The van der Waals surface area contributed by atoms with Crippen LogP contribution in [0.2, 0.25) is 5.02 Å². The zero-order valence-electron chi connectivity index (χ0n) is 11.2. The third kappa shape index (κ3) is 2.68. The van der Waals surface area contributed by atoms with Crippen LogP contribution < -0.4 is 11.0 Å². The Morgan fingerprint density at radius 2 is 1.86 bits per heavy atom. The Morgan fingerprint density at radius 3 is 2.62 bits per heavy atom. The SMILES string of the molecule is Cc1ccc(NC(=O)c2ccc3[nH]c(=O)[nH]c3c2)cc1Cl. The first kappa shape index (κ1) is 13.5. The third-order valence-corrected chi connectivity index (χ3v) is 3.62. The first-order valence-corrected chi connectivity index (χ1v) is 6.70. The smallest absolute Gasteiger partial charge is 0.322 e. The number of anilines is 1. The normalized spacial score (nSPS) is 10.8. The van der Waals surface area contributed by atoms with Gasteiger partial charge in [-0.3, -0.25) is 4.79 Å². The molecule has 0 unspecified atom stereocenters. The van der Waals surface area contributed by atoms with Crippen LogP contribution in [0.4, 0.5) is 5.69 Å². The number of imidazole rings is 1. The number of H-pyrrole nitrogens is 2. The molecule has 5 nitrogen and oxygen atoms in total. The first-order chi connectivity index (χ1) is 10.0. The van der Waals surface area contributed by atoms with Gasteiger partial charge >= 0.3 is 5.69 Å². The summed E-state index contributed by atoms with van der Waals surface area (Å²) in [6, 6.07) is 10.3. The van der Waals surface area contributed by atoms with Crippen molar-refractivity contribution in [2.75, 3.05) is 5.32 Å². The maximum Gasteiger partial charge on any atom is 0.323 e. The van der Waals surface area contributed by atoms with E-state index >= 15 is 0 Å². The zero-order chi connectivity index (χ0) is 15.0. The van der Waals surface area contributed by atoms with Crippen LogP contribution >= 0.6 is 11.6 Å². The number of carbonyl (C=O) groups is 1. The minimum absolute atomic E-state index is 0.265. The largest absolute Gasteiger partial charge is 0.323 e. The van der Waals surface area contributed by atoms with Crippen molar-refractivity contribution < 1.29 is 4.79 Å². The monoisotopic (exact) mass is 301 g/mol. The Labute approximate surface area is 125 Å². The minimum Gasteiger partial charge on any atom is -0.322 e. The molecule has 3 rings (SSSR count). The van der Waals surface area contributed by atoms with Crippen molar-refractivity contribution in [2.45, 2.75) is 6.92 Å². The van der Waals surface area contributed by atoms with Crippen LogP contribution in [-0.2, 0) is 0 Å². The summed E-state index contributed by atoms with van der Waals surface area (Å²) in [7, 11) is 0. The van der Waals surface area contributed by atoms with Gasteiger partial charge in [-0.25, -0.2) is 4.79 Å². The molecule has 0 atom stereocenters. The molecule has 0 spiro atoms. The van der Waals surface area contributed by atoms with Crippen LogP contribution in [0.15, 0.2) is 41.2 Å². The van der Waals surface area contributed by atoms with Crippen molar-refractivity contribution in [3.63, 3.8) is 0 Å². The molecule has 2 aromatic carbocycles. The number of hydrogen-bond acceptors (Lipinski definition) is 2. The highest BCUT2D eigenvalue weighted by Crippen LogP contribution is 2.20. The van der Waals surface area contributed by atoms with Gasteiger partial charge in [-0.15, -0.1) is 0 Å². The van der Waals surface area contributed by atoms with Crippen LogP contribution in [0.5, 0.6) is 0 Å². The van der Waals surface area contributed by atoms with Gasteiger partial charge in [-0.05, 0) is 42.8 Å². The highest BCUT2D eigenvalue weighted by Gasteiger charge is 2.09. The maximum absolute atomic E-state index is 12.2. The Kier molecular flexibility index (Phi) is 3.27. The van der Waals surface area contributed by atoms with E-state index in [1.807, 2.05) is 13.0 Å². The molecule has 0 aliphatic rings. The Bertz CT molecular complexity index is 895. The summed E-state index contributed by atoms with van der Waals surface area (Å²) in [6.45, 7) is 1.89. The molecule has 0 saturated carbocycles. The topological polar surface area (TPSA) is 77.8 Å². The zero-order valence-corrected chi connectivity index (χ0v) is 11.9. The van der Waals surface area contributed by atoms with Gasteiger partial charge in [0.1, 0.15) is 0 Å². The Balaban J connectivity index is 1.89. The number of aromatic nitrogens is 2. The number of benzene rings is 2. The number of rotatable bonds is 2. The van der Waals surface area contributed by atoms with Crippen molar-refractivity contribution in [2.24, 2.45) is 0 Å².